The number of nitrogens with one attached hydrogen (secondary N) is 1. The molecule has 116 valence electrons. The average molecular weight is 368 g/mol. The first-order valence-corrected chi connectivity index (χ1v) is 7.65. The number of benzene rings is 1. The first-order chi connectivity index (χ1) is 11.0. The fraction of sp³-hybridized carbons (Fsp3) is 0. The van der Waals surface area contributed by atoms with Gasteiger partial charge < -0.3 is 9.73 Å². The van der Waals surface area contributed by atoms with Crippen molar-refractivity contribution in [2.45, 2.75) is 0 Å². The molecule has 2 heterocycles. The molecule has 0 fully saturated rings. The van der Waals surface area contributed by atoms with Crippen molar-refractivity contribution in [3.05, 3.63) is 69.5 Å². The molecule has 0 aliphatic rings. The van der Waals surface area contributed by atoms with E-state index in [2.05, 4.69) is 10.3 Å². The Balaban J connectivity index is 1.82. The number of halogens is 3. The quantitative estimate of drug-likeness (QED) is 0.660. The van der Waals surface area contributed by atoms with Crippen molar-refractivity contribution in [3.8, 4) is 11.3 Å². The summed E-state index contributed by atoms with van der Waals surface area (Å²) in [5.74, 6) is 0.530. The third-order valence-corrected chi connectivity index (χ3v) is 4.06. The molecule has 1 amide bonds. The van der Waals surface area contributed by atoms with E-state index in [4.69, 9.17) is 39.2 Å². The lowest BCUT2D eigenvalue weighted by molar-refractivity contribution is 0.0997. The van der Waals surface area contributed by atoms with Gasteiger partial charge in [-0.2, -0.15) is 0 Å². The number of carbonyl (C=O) groups excluding carboxylic acids is 1. The van der Waals surface area contributed by atoms with E-state index in [-0.39, 0.29) is 5.76 Å². The summed E-state index contributed by atoms with van der Waals surface area (Å²) in [6, 6.07) is 11.6. The third-order valence-electron chi connectivity index (χ3n) is 3.02. The monoisotopic (exact) mass is 366 g/mol. The zero-order valence-corrected chi connectivity index (χ0v) is 13.8. The van der Waals surface area contributed by atoms with Crippen LogP contribution in [0.25, 0.3) is 11.3 Å². The highest BCUT2D eigenvalue weighted by Crippen LogP contribution is 2.34. The van der Waals surface area contributed by atoms with E-state index in [1.165, 1.54) is 6.20 Å². The number of aromatic nitrogens is 1. The number of amides is 1. The molecular weight excluding hydrogens is 359 g/mol. The number of nitrogens with zero attached hydrogens (tertiary/aromatic N) is 1. The Bertz CT molecular complexity index is 860. The molecule has 7 heteroatoms. The molecule has 0 unspecified atom stereocenters. The van der Waals surface area contributed by atoms with Gasteiger partial charge in [0.1, 0.15) is 11.6 Å². The summed E-state index contributed by atoms with van der Waals surface area (Å²) >= 11 is 17.9. The molecule has 0 atom stereocenters. The predicted octanol–water partition coefficient (Wildman–Crippen LogP) is 5.55. The van der Waals surface area contributed by atoms with Crippen LogP contribution in [0, 0.1) is 0 Å². The normalized spacial score (nSPS) is 10.6. The molecule has 0 saturated carbocycles. The number of pyridine rings is 1. The second-order valence-corrected chi connectivity index (χ2v) is 5.80. The van der Waals surface area contributed by atoms with E-state index >= 15 is 0 Å². The van der Waals surface area contributed by atoms with E-state index in [1.54, 1.807) is 42.5 Å². The van der Waals surface area contributed by atoms with Crippen LogP contribution < -0.4 is 5.32 Å². The van der Waals surface area contributed by atoms with Gasteiger partial charge in [-0.15, -0.1) is 0 Å². The Morgan fingerprint density at radius 2 is 1.87 bits per heavy atom. The van der Waals surface area contributed by atoms with Gasteiger partial charge in [-0.1, -0.05) is 40.9 Å². The molecule has 23 heavy (non-hydrogen) atoms. The highest BCUT2D eigenvalue weighted by Gasteiger charge is 2.15. The van der Waals surface area contributed by atoms with Crippen LogP contribution in [0.4, 0.5) is 5.82 Å². The van der Waals surface area contributed by atoms with Crippen LogP contribution >= 0.6 is 34.8 Å². The molecule has 2 aromatic heterocycles. The summed E-state index contributed by atoms with van der Waals surface area (Å²) < 4.78 is 5.55. The minimum absolute atomic E-state index is 0.132. The van der Waals surface area contributed by atoms with E-state index < -0.39 is 5.91 Å². The van der Waals surface area contributed by atoms with Gasteiger partial charge >= 0.3 is 0 Å². The number of carbonyl (C=O) groups is 1. The molecule has 0 bridgehead atoms. The van der Waals surface area contributed by atoms with Crippen LogP contribution in [-0.4, -0.2) is 10.9 Å². The number of anilines is 1. The Labute approximate surface area is 147 Å². The second-order valence-electron chi connectivity index (χ2n) is 4.58. The molecule has 0 radical (unpaired) electrons. The van der Waals surface area contributed by atoms with Gasteiger partial charge in [0, 0.05) is 11.8 Å². The molecular formula is C16H9Cl3N2O2. The summed E-state index contributed by atoms with van der Waals surface area (Å²) in [6.07, 6.45) is 1.44. The summed E-state index contributed by atoms with van der Waals surface area (Å²) in [5, 5.41) is 3.88. The van der Waals surface area contributed by atoms with Crippen molar-refractivity contribution in [2.24, 2.45) is 0 Å². The number of hydrogen-bond acceptors (Lipinski definition) is 3. The Morgan fingerprint density at radius 1 is 1.04 bits per heavy atom. The molecule has 0 saturated heterocycles. The Hall–Kier alpha value is -2.01. The largest absolute Gasteiger partial charge is 0.451 e. The van der Waals surface area contributed by atoms with Crippen molar-refractivity contribution < 1.29 is 9.21 Å². The van der Waals surface area contributed by atoms with Crippen LogP contribution in [0.1, 0.15) is 10.6 Å². The smallest absolute Gasteiger partial charge is 0.292 e. The molecule has 1 N–H and O–H groups in total. The number of hydrogen-bond donors (Lipinski definition) is 1. The predicted molar refractivity (Wildman–Crippen MR) is 91.4 cm³/mol. The molecule has 4 nitrogen and oxygen atoms in total. The van der Waals surface area contributed by atoms with E-state index in [1.807, 2.05) is 0 Å². The van der Waals surface area contributed by atoms with Gasteiger partial charge in [-0.05, 0) is 36.4 Å². The van der Waals surface area contributed by atoms with Crippen molar-refractivity contribution in [1.82, 2.24) is 4.98 Å². The first kappa shape index (κ1) is 15.9. The summed E-state index contributed by atoms with van der Waals surface area (Å²) in [6.45, 7) is 0. The van der Waals surface area contributed by atoms with Crippen LogP contribution in [0.15, 0.2) is 53.1 Å². The van der Waals surface area contributed by atoms with Gasteiger partial charge in [-0.3, -0.25) is 4.79 Å². The molecule has 3 rings (SSSR count). The number of rotatable bonds is 3. The summed E-state index contributed by atoms with van der Waals surface area (Å²) in [5.41, 5.74) is 0.614. The summed E-state index contributed by atoms with van der Waals surface area (Å²) in [4.78, 5) is 16.1. The third kappa shape index (κ3) is 3.50. The first-order valence-electron chi connectivity index (χ1n) is 6.52. The average Bonchev–Trinajstić information content (AvgIpc) is 3.02. The SMILES string of the molecule is O=C(Nc1ccc(Cl)cn1)c1ccc(-c2cccc(Cl)c2Cl)o1. The molecule has 1 aromatic carbocycles. The molecule has 0 aliphatic heterocycles. The van der Waals surface area contributed by atoms with E-state index in [0.29, 0.717) is 32.2 Å². The van der Waals surface area contributed by atoms with Crippen molar-refractivity contribution >= 4 is 46.5 Å². The van der Waals surface area contributed by atoms with E-state index in [0.717, 1.165) is 0 Å². The van der Waals surface area contributed by atoms with E-state index in [9.17, 15) is 4.79 Å². The Morgan fingerprint density at radius 3 is 2.61 bits per heavy atom. The van der Waals surface area contributed by atoms with Crippen LogP contribution in [0.3, 0.4) is 0 Å². The zero-order chi connectivity index (χ0) is 16.4. The molecule has 3 aromatic rings. The maximum Gasteiger partial charge on any atom is 0.292 e. The lowest BCUT2D eigenvalue weighted by Crippen LogP contribution is -2.11. The fourth-order valence-corrected chi connectivity index (χ4v) is 2.43. The summed E-state index contributed by atoms with van der Waals surface area (Å²) in [7, 11) is 0. The van der Waals surface area contributed by atoms with Gasteiger partial charge in [0.05, 0.1) is 15.1 Å². The van der Waals surface area contributed by atoms with Crippen LogP contribution in [0.5, 0.6) is 0 Å². The highest BCUT2D eigenvalue weighted by molar-refractivity contribution is 6.43. The van der Waals surface area contributed by atoms with Crippen molar-refractivity contribution in [3.63, 3.8) is 0 Å². The van der Waals surface area contributed by atoms with Gasteiger partial charge in [0.2, 0.25) is 0 Å². The van der Waals surface area contributed by atoms with Gasteiger partial charge in [-0.25, -0.2) is 4.98 Å². The maximum absolute atomic E-state index is 12.2. The molecule has 0 spiro atoms. The number of furan rings is 1. The molecule has 0 aliphatic carbocycles. The van der Waals surface area contributed by atoms with Crippen molar-refractivity contribution in [1.29, 1.82) is 0 Å². The van der Waals surface area contributed by atoms with Crippen LogP contribution in [0.2, 0.25) is 15.1 Å². The minimum atomic E-state index is -0.427. The van der Waals surface area contributed by atoms with Crippen LogP contribution in [-0.2, 0) is 0 Å². The Kier molecular flexibility index (Phi) is 4.57. The highest BCUT2D eigenvalue weighted by atomic mass is 35.5. The standard InChI is InChI=1S/C16H9Cl3N2O2/c17-9-4-7-14(20-8-9)21-16(22)13-6-5-12(23-13)10-2-1-3-11(18)15(10)19/h1-8H,(H,20,21,22). The second kappa shape index (κ2) is 6.62. The topological polar surface area (TPSA) is 55.1 Å². The lowest BCUT2D eigenvalue weighted by Gasteiger charge is -2.03. The lowest BCUT2D eigenvalue weighted by atomic mass is 10.2. The van der Waals surface area contributed by atoms with Gasteiger partial charge in [0.25, 0.3) is 5.91 Å². The fourth-order valence-electron chi connectivity index (χ4n) is 1.93. The van der Waals surface area contributed by atoms with Gasteiger partial charge in [0.15, 0.2) is 5.76 Å². The minimum Gasteiger partial charge on any atom is -0.451 e. The maximum atomic E-state index is 12.2. The van der Waals surface area contributed by atoms with Crippen molar-refractivity contribution in [2.75, 3.05) is 5.32 Å². The zero-order valence-electron chi connectivity index (χ0n) is 11.5.